The number of fused-ring (bicyclic) bond motifs is 1. The average Bonchev–Trinajstić information content (AvgIpc) is 3.94. The lowest BCUT2D eigenvalue weighted by molar-refractivity contribution is -0.165. The maximum Gasteiger partial charge on any atom is 0.314 e. The van der Waals surface area contributed by atoms with E-state index in [1.54, 1.807) is 36.4 Å². The quantitative estimate of drug-likeness (QED) is 0.0891. The summed E-state index contributed by atoms with van der Waals surface area (Å²) in [5, 5.41) is 10.0. The van der Waals surface area contributed by atoms with E-state index in [1.165, 1.54) is 11.3 Å². The van der Waals surface area contributed by atoms with Crippen molar-refractivity contribution in [2.24, 2.45) is 58.2 Å². The predicted octanol–water partition coefficient (Wildman–Crippen LogP) is 13.8. The second-order valence-corrected chi connectivity index (χ2v) is 27.3. The molecule has 6 aliphatic carbocycles. The van der Waals surface area contributed by atoms with Crippen molar-refractivity contribution in [3.05, 3.63) is 42.0 Å². The minimum atomic E-state index is -0.436. The van der Waals surface area contributed by atoms with Crippen LogP contribution in [-0.4, -0.2) is 65.2 Å². The van der Waals surface area contributed by atoms with Crippen LogP contribution in [0.15, 0.2) is 36.4 Å². The van der Waals surface area contributed by atoms with E-state index in [0.29, 0.717) is 135 Å². The standard InChI is InChI=1S/C64H84N2O12S/c1-63(2,3)46-23-19-44(20-24-46)59(69)75-50-31-27-48(28-32-50)73-57(67)40-11-15-42(16-12-40)61(71)77-52-35-36-53(55-54(52)66-56(79-55)39-9-7-38(37-65)8-10-39)78-62(72)43-17-13-41(14-18-43)58(68)74-49-29-33-51(34-30-49)76-60(70)45-21-25-47(26-22-45)64(4,5)6/h7-10,35-36,40-51H,11-34H2,1-6H3/t40?,41?,42?,43?,44?,45?,46?,47?,48-,49-,50-,51-. The Morgan fingerprint density at radius 3 is 1.06 bits per heavy atom. The number of ether oxygens (including phenoxy) is 6. The van der Waals surface area contributed by atoms with Gasteiger partial charge in [-0.25, -0.2) is 4.98 Å². The van der Waals surface area contributed by atoms with E-state index in [0.717, 1.165) is 56.9 Å². The zero-order valence-electron chi connectivity index (χ0n) is 47.6. The summed E-state index contributed by atoms with van der Waals surface area (Å²) in [4.78, 5) is 85.4. The Balaban J connectivity index is 0.726. The van der Waals surface area contributed by atoms with Crippen LogP contribution in [0.5, 0.6) is 11.5 Å². The molecule has 15 heteroatoms. The van der Waals surface area contributed by atoms with Gasteiger partial charge < -0.3 is 28.4 Å². The lowest BCUT2D eigenvalue weighted by atomic mass is 9.70. The number of rotatable bonds is 13. The first-order valence-corrected chi connectivity index (χ1v) is 30.8. The number of carbonyl (C=O) groups is 6. The van der Waals surface area contributed by atoms with Crippen LogP contribution >= 0.6 is 11.3 Å². The van der Waals surface area contributed by atoms with Gasteiger partial charge in [0.25, 0.3) is 0 Å². The minimum Gasteiger partial charge on any atom is -0.462 e. The topological polar surface area (TPSA) is 194 Å². The van der Waals surface area contributed by atoms with E-state index in [1.807, 2.05) is 0 Å². The molecule has 0 unspecified atom stereocenters. The predicted molar refractivity (Wildman–Crippen MR) is 298 cm³/mol. The van der Waals surface area contributed by atoms with Crippen molar-refractivity contribution in [1.29, 1.82) is 5.26 Å². The Morgan fingerprint density at radius 2 is 0.734 bits per heavy atom. The molecule has 0 saturated heterocycles. The number of esters is 6. The molecule has 0 amide bonds. The SMILES string of the molecule is CC(C)(C)C1CCC(C(=O)O[C@H]2CC[C@H](OC(=O)C3CCC(C(=O)Oc4ccc(OC(=O)C5CCC(C(=O)O[C@H]6CC[C@H](OC(=O)C7CCC(C(C)(C)C)CC7)CC6)CC5)c5sc(-c6ccc(C#N)cc6)nc45)CC3)CC2)CC1. The second-order valence-electron chi connectivity index (χ2n) is 26.3. The number of aromatic nitrogens is 1. The van der Waals surface area contributed by atoms with E-state index >= 15 is 0 Å². The Bertz CT molecular complexity index is 2510. The van der Waals surface area contributed by atoms with Crippen molar-refractivity contribution in [2.45, 2.75) is 220 Å². The van der Waals surface area contributed by atoms with Crippen LogP contribution in [0, 0.1) is 69.5 Å². The van der Waals surface area contributed by atoms with Crippen LogP contribution in [0.3, 0.4) is 0 Å². The van der Waals surface area contributed by atoms with Gasteiger partial charge in [0.15, 0.2) is 11.5 Å². The van der Waals surface area contributed by atoms with Crippen LogP contribution in [0.25, 0.3) is 20.8 Å². The molecule has 0 N–H and O–H groups in total. The van der Waals surface area contributed by atoms with Gasteiger partial charge in [-0.2, -0.15) is 5.26 Å². The molecule has 428 valence electrons. The minimum absolute atomic E-state index is 0.0246. The summed E-state index contributed by atoms with van der Waals surface area (Å²) in [6, 6.07) is 12.4. The lowest BCUT2D eigenvalue weighted by Gasteiger charge is -2.37. The third-order valence-corrected chi connectivity index (χ3v) is 20.0. The van der Waals surface area contributed by atoms with Crippen LogP contribution in [0.1, 0.15) is 201 Å². The van der Waals surface area contributed by atoms with Crippen LogP contribution < -0.4 is 9.47 Å². The van der Waals surface area contributed by atoms with Crippen molar-refractivity contribution >= 4 is 57.4 Å². The molecule has 14 nitrogen and oxygen atoms in total. The number of hydrogen-bond donors (Lipinski definition) is 0. The fourth-order valence-electron chi connectivity index (χ4n) is 13.4. The van der Waals surface area contributed by atoms with Gasteiger partial charge in [-0.1, -0.05) is 53.7 Å². The van der Waals surface area contributed by atoms with E-state index in [4.69, 9.17) is 33.4 Å². The summed E-state index contributed by atoms with van der Waals surface area (Å²) in [5.41, 5.74) is 2.11. The molecule has 0 aliphatic heterocycles. The highest BCUT2D eigenvalue weighted by atomic mass is 32.1. The van der Waals surface area contributed by atoms with Crippen molar-refractivity contribution in [3.8, 4) is 28.1 Å². The molecule has 1 heterocycles. The number of nitrogens with zero attached hydrogens (tertiary/aromatic N) is 2. The molecule has 79 heavy (non-hydrogen) atoms. The third kappa shape index (κ3) is 15.0. The lowest BCUT2D eigenvalue weighted by Crippen LogP contribution is -2.35. The van der Waals surface area contributed by atoms with Crippen molar-refractivity contribution in [3.63, 3.8) is 0 Å². The Hall–Kier alpha value is -5.36. The number of hydrogen-bond acceptors (Lipinski definition) is 15. The molecule has 6 aliphatic rings. The van der Waals surface area contributed by atoms with E-state index < -0.39 is 23.8 Å². The summed E-state index contributed by atoms with van der Waals surface area (Å²) in [6.45, 7) is 13.6. The van der Waals surface area contributed by atoms with Gasteiger partial charge in [0.2, 0.25) is 0 Å². The average molecular weight is 1110 g/mol. The summed E-state index contributed by atoms with van der Waals surface area (Å²) < 4.78 is 36.7. The molecular formula is C64H84N2O12S. The maximum atomic E-state index is 13.8. The summed E-state index contributed by atoms with van der Waals surface area (Å²) in [6.07, 6.45) is 16.2. The van der Waals surface area contributed by atoms with Crippen LogP contribution in [0.2, 0.25) is 0 Å². The van der Waals surface area contributed by atoms with Gasteiger partial charge in [0, 0.05) is 5.56 Å². The molecule has 0 atom stereocenters. The van der Waals surface area contributed by atoms with Crippen LogP contribution in [0.4, 0.5) is 0 Å². The molecule has 1 aromatic heterocycles. The molecular weight excluding hydrogens is 1020 g/mol. The first kappa shape index (κ1) is 58.3. The zero-order chi connectivity index (χ0) is 56.0. The molecule has 6 saturated carbocycles. The third-order valence-electron chi connectivity index (χ3n) is 18.9. The van der Waals surface area contributed by atoms with E-state index in [-0.39, 0.29) is 94.3 Å². The van der Waals surface area contributed by atoms with E-state index in [2.05, 4.69) is 47.6 Å². The van der Waals surface area contributed by atoms with Gasteiger partial charge >= 0.3 is 35.8 Å². The van der Waals surface area contributed by atoms with Gasteiger partial charge in [0.1, 0.15) is 39.6 Å². The fraction of sp³-hybridized carbons (Fsp3) is 0.688. The first-order valence-electron chi connectivity index (χ1n) is 30.0. The first-order chi connectivity index (χ1) is 37.8. The number of benzene rings is 2. The number of nitriles is 1. The normalized spacial score (nSPS) is 29.7. The van der Waals surface area contributed by atoms with Gasteiger partial charge in [-0.15, -0.1) is 11.3 Å². The van der Waals surface area contributed by atoms with Gasteiger partial charge in [-0.05, 0) is 201 Å². The molecule has 6 fully saturated rings. The highest BCUT2D eigenvalue weighted by Crippen LogP contribution is 2.45. The summed E-state index contributed by atoms with van der Waals surface area (Å²) in [7, 11) is 0. The van der Waals surface area contributed by atoms with Gasteiger partial charge in [0.05, 0.1) is 47.1 Å². The summed E-state index contributed by atoms with van der Waals surface area (Å²) >= 11 is 1.29. The maximum absolute atomic E-state index is 13.8. The highest BCUT2D eigenvalue weighted by Gasteiger charge is 2.40. The molecule has 3 aromatic rings. The van der Waals surface area contributed by atoms with Crippen molar-refractivity contribution < 1.29 is 57.2 Å². The Morgan fingerprint density at radius 1 is 0.430 bits per heavy atom. The number of thiazole rings is 1. The largest absolute Gasteiger partial charge is 0.462 e. The van der Waals surface area contributed by atoms with Gasteiger partial charge in [-0.3, -0.25) is 28.8 Å². The highest BCUT2D eigenvalue weighted by molar-refractivity contribution is 7.22. The fourth-order valence-corrected chi connectivity index (χ4v) is 14.5. The summed E-state index contributed by atoms with van der Waals surface area (Å²) in [5.74, 6) is -1.22. The second kappa shape index (κ2) is 25.6. The molecule has 9 rings (SSSR count). The molecule has 0 bridgehead atoms. The monoisotopic (exact) mass is 1100 g/mol. The Labute approximate surface area is 471 Å². The van der Waals surface area contributed by atoms with E-state index in [9.17, 15) is 34.0 Å². The van der Waals surface area contributed by atoms with Crippen molar-refractivity contribution in [2.75, 3.05) is 0 Å². The molecule has 0 spiro atoms. The smallest absolute Gasteiger partial charge is 0.314 e. The van der Waals surface area contributed by atoms with Crippen LogP contribution in [-0.2, 0) is 47.7 Å². The zero-order valence-corrected chi connectivity index (χ0v) is 48.4. The molecule has 0 radical (unpaired) electrons. The number of carbonyl (C=O) groups excluding carboxylic acids is 6. The van der Waals surface area contributed by atoms with Crippen molar-refractivity contribution in [1.82, 2.24) is 4.98 Å². The Kier molecular flexibility index (Phi) is 18.9. The molecule has 2 aromatic carbocycles.